The van der Waals surface area contributed by atoms with Crippen molar-refractivity contribution < 1.29 is 35.4 Å². The zero-order chi connectivity index (χ0) is 18.3. The highest BCUT2D eigenvalue weighted by atomic mass is 79.9. The van der Waals surface area contributed by atoms with Crippen molar-refractivity contribution in [2.24, 2.45) is 0 Å². The van der Waals surface area contributed by atoms with E-state index in [-0.39, 0.29) is 28.9 Å². The van der Waals surface area contributed by atoms with Gasteiger partial charge in [0.05, 0.1) is 31.9 Å². The molecule has 0 radical (unpaired) electrons. The van der Waals surface area contributed by atoms with Crippen molar-refractivity contribution in [3.8, 4) is 11.1 Å². The summed E-state index contributed by atoms with van der Waals surface area (Å²) in [6, 6.07) is 7.44. The number of halogens is 2. The molecule has 2 saturated heterocycles. The number of nitrogens with zero attached hydrogens (tertiary/aromatic N) is 1. The molecule has 146 valence electrons. The summed E-state index contributed by atoms with van der Waals surface area (Å²) >= 11 is 1.54. The fourth-order valence-corrected chi connectivity index (χ4v) is 5.16. The first kappa shape index (κ1) is 20.3. The van der Waals surface area contributed by atoms with Crippen molar-refractivity contribution in [1.82, 2.24) is 0 Å². The lowest BCUT2D eigenvalue weighted by molar-refractivity contribution is -0.931. The summed E-state index contributed by atoms with van der Waals surface area (Å²) in [4.78, 5) is 12.5. The van der Waals surface area contributed by atoms with Crippen LogP contribution in [0, 0.1) is 5.82 Å². The number of piperidine rings is 1. The van der Waals surface area contributed by atoms with E-state index in [1.54, 1.807) is 6.07 Å². The van der Waals surface area contributed by atoms with Crippen molar-refractivity contribution in [3.05, 3.63) is 40.8 Å². The molecule has 1 amide bonds. The molecule has 7 heteroatoms. The second-order valence-corrected chi connectivity index (χ2v) is 8.62. The average Bonchev–Trinajstić information content (AvgIpc) is 3.13. The number of rotatable bonds is 3. The molecule has 3 atom stereocenters. The van der Waals surface area contributed by atoms with Gasteiger partial charge in [-0.05, 0) is 40.6 Å². The summed E-state index contributed by atoms with van der Waals surface area (Å²) in [5.74, 6) is -0.325. The summed E-state index contributed by atoms with van der Waals surface area (Å²) in [5.41, 5.74) is 2.13. The van der Waals surface area contributed by atoms with E-state index in [1.165, 1.54) is 36.3 Å². The van der Waals surface area contributed by atoms with Gasteiger partial charge in [-0.1, -0.05) is 0 Å². The van der Waals surface area contributed by atoms with Gasteiger partial charge in [0.15, 0.2) is 0 Å². The number of thiophene rings is 1. The third-order valence-corrected chi connectivity index (χ3v) is 6.79. The number of hydrogen-bond donors (Lipinski definition) is 1. The van der Waals surface area contributed by atoms with E-state index in [4.69, 9.17) is 4.74 Å². The minimum atomic E-state index is -0.454. The summed E-state index contributed by atoms with van der Waals surface area (Å²) in [6.07, 6.45) is 3.75. The number of amides is 1. The fourth-order valence-electron chi connectivity index (χ4n) is 4.50. The number of fused-ring (bicyclic) bond motifs is 2. The zero-order valence-electron chi connectivity index (χ0n) is 15.5. The molecule has 0 aliphatic carbocycles. The van der Waals surface area contributed by atoms with Crippen LogP contribution in [-0.4, -0.2) is 42.9 Å². The smallest absolute Gasteiger partial charge is 0.411 e. The Kier molecular flexibility index (Phi) is 5.93. The molecule has 1 aromatic heterocycles. The van der Waals surface area contributed by atoms with E-state index in [2.05, 4.69) is 19.4 Å². The largest absolute Gasteiger partial charge is 1.00 e. The van der Waals surface area contributed by atoms with E-state index in [0.717, 1.165) is 22.9 Å². The third-order valence-electron chi connectivity index (χ3n) is 6.11. The number of carbonyl (C=O) groups excluding carboxylic acids is 1. The molecule has 2 fully saturated rings. The molecular formula is C20H24BrFN2O2S. The molecule has 2 aliphatic heterocycles. The SMILES string of the molecule is C[N+]1(C)[C@@H]2CC[C@H]1C[C@@H](OC(=O)Nc1ccc(F)cc1-c1ccsc1)C2.[Br-]. The van der Waals surface area contributed by atoms with Crippen LogP contribution >= 0.6 is 11.3 Å². The number of hydrogen-bond acceptors (Lipinski definition) is 3. The van der Waals surface area contributed by atoms with E-state index in [9.17, 15) is 9.18 Å². The van der Waals surface area contributed by atoms with Crippen LogP contribution < -0.4 is 22.3 Å². The lowest BCUT2D eigenvalue weighted by Gasteiger charge is -2.43. The Bertz CT molecular complexity index is 796. The summed E-state index contributed by atoms with van der Waals surface area (Å²) in [6.45, 7) is 0. The van der Waals surface area contributed by atoms with Gasteiger partial charge in [-0.2, -0.15) is 11.3 Å². The molecule has 0 saturated carbocycles. The second-order valence-electron chi connectivity index (χ2n) is 7.84. The minimum Gasteiger partial charge on any atom is -1.00 e. The number of carbonyl (C=O) groups is 1. The molecule has 3 heterocycles. The molecule has 27 heavy (non-hydrogen) atoms. The lowest BCUT2D eigenvalue weighted by atomic mass is 9.98. The number of anilines is 1. The first-order valence-electron chi connectivity index (χ1n) is 9.06. The molecule has 0 spiro atoms. The standard InChI is InChI=1S/C20H23FN2O2S.BrH/c1-23(2)15-4-5-16(23)11-17(10-15)25-20(24)22-19-6-3-14(21)9-18(19)13-7-8-26-12-13;/h3,6-9,12,15-17H,4-5,10-11H2,1-2H3;1H/t15-,16+,17+;. The van der Waals surface area contributed by atoms with Gasteiger partial charge in [0.25, 0.3) is 0 Å². The Morgan fingerprint density at radius 1 is 1.22 bits per heavy atom. The molecule has 1 N–H and O–H groups in total. The number of quaternary nitrogens is 1. The monoisotopic (exact) mass is 454 g/mol. The van der Waals surface area contributed by atoms with Gasteiger partial charge in [-0.25, -0.2) is 9.18 Å². The minimum absolute atomic E-state index is 0. The van der Waals surface area contributed by atoms with Gasteiger partial charge in [-0.3, -0.25) is 5.32 Å². The second kappa shape index (κ2) is 7.89. The van der Waals surface area contributed by atoms with Gasteiger partial charge in [0, 0.05) is 31.2 Å². The summed E-state index contributed by atoms with van der Waals surface area (Å²) < 4.78 is 20.4. The van der Waals surface area contributed by atoms with Crippen LogP contribution in [0.2, 0.25) is 0 Å². The number of ether oxygens (including phenoxy) is 1. The Hall–Kier alpha value is -1.44. The first-order chi connectivity index (χ1) is 12.4. The normalized spacial score (nSPS) is 25.5. The molecular weight excluding hydrogens is 431 g/mol. The van der Waals surface area contributed by atoms with Crippen LogP contribution in [0.25, 0.3) is 11.1 Å². The van der Waals surface area contributed by atoms with Crippen molar-refractivity contribution in [2.45, 2.75) is 43.9 Å². The van der Waals surface area contributed by atoms with Gasteiger partial charge in [-0.15, -0.1) is 0 Å². The molecule has 4 nitrogen and oxygen atoms in total. The topological polar surface area (TPSA) is 38.3 Å². The fraction of sp³-hybridized carbons (Fsp3) is 0.450. The molecule has 2 bridgehead atoms. The Morgan fingerprint density at radius 2 is 1.93 bits per heavy atom. The van der Waals surface area contributed by atoms with Crippen LogP contribution in [0.5, 0.6) is 0 Å². The molecule has 1 aromatic carbocycles. The highest BCUT2D eigenvalue weighted by molar-refractivity contribution is 7.08. The van der Waals surface area contributed by atoms with Crippen LogP contribution in [-0.2, 0) is 4.74 Å². The van der Waals surface area contributed by atoms with E-state index < -0.39 is 6.09 Å². The van der Waals surface area contributed by atoms with Gasteiger partial charge in [0.1, 0.15) is 11.9 Å². The maximum atomic E-state index is 13.7. The van der Waals surface area contributed by atoms with Gasteiger partial charge in [0.2, 0.25) is 0 Å². The first-order valence-corrected chi connectivity index (χ1v) is 10.0. The van der Waals surface area contributed by atoms with Crippen LogP contribution in [0.3, 0.4) is 0 Å². The Labute approximate surface area is 173 Å². The van der Waals surface area contributed by atoms with Crippen LogP contribution in [0.1, 0.15) is 25.7 Å². The molecule has 4 rings (SSSR count). The maximum absolute atomic E-state index is 13.7. The maximum Gasteiger partial charge on any atom is 0.411 e. The van der Waals surface area contributed by atoms with Gasteiger partial charge >= 0.3 is 6.09 Å². The van der Waals surface area contributed by atoms with Crippen molar-refractivity contribution >= 4 is 23.1 Å². The molecule has 2 aromatic rings. The van der Waals surface area contributed by atoms with Crippen molar-refractivity contribution in [3.63, 3.8) is 0 Å². The van der Waals surface area contributed by atoms with Crippen LogP contribution in [0.4, 0.5) is 14.9 Å². The third kappa shape index (κ3) is 4.05. The van der Waals surface area contributed by atoms with E-state index in [1.807, 2.05) is 16.8 Å². The summed E-state index contributed by atoms with van der Waals surface area (Å²) in [5, 5.41) is 6.68. The zero-order valence-corrected chi connectivity index (χ0v) is 17.9. The molecule has 0 unspecified atom stereocenters. The Balaban J connectivity index is 0.00000210. The quantitative estimate of drug-likeness (QED) is 0.718. The average molecular weight is 455 g/mol. The van der Waals surface area contributed by atoms with Crippen LogP contribution in [0.15, 0.2) is 35.0 Å². The number of benzene rings is 1. The number of nitrogens with one attached hydrogen (secondary N) is 1. The lowest BCUT2D eigenvalue weighted by Crippen LogP contribution is -3.00. The predicted octanol–water partition coefficient (Wildman–Crippen LogP) is 1.88. The Morgan fingerprint density at radius 3 is 2.56 bits per heavy atom. The van der Waals surface area contributed by atoms with Gasteiger partial charge < -0.3 is 26.2 Å². The van der Waals surface area contributed by atoms with Crippen molar-refractivity contribution in [1.29, 1.82) is 0 Å². The predicted molar refractivity (Wildman–Crippen MR) is 102 cm³/mol. The molecule has 2 aliphatic rings. The highest BCUT2D eigenvalue weighted by Gasteiger charge is 2.49. The van der Waals surface area contributed by atoms with Crippen molar-refractivity contribution in [2.75, 3.05) is 19.4 Å². The van der Waals surface area contributed by atoms with E-state index in [0.29, 0.717) is 23.3 Å². The highest BCUT2D eigenvalue weighted by Crippen LogP contribution is 2.40. The summed E-state index contributed by atoms with van der Waals surface area (Å²) in [7, 11) is 4.56. The van der Waals surface area contributed by atoms with E-state index >= 15 is 0 Å².